The van der Waals surface area contributed by atoms with Gasteiger partial charge in [0.15, 0.2) is 0 Å². The number of ether oxygens (including phenoxy) is 1. The molecule has 5 heteroatoms. The molecule has 0 amide bonds. The van der Waals surface area contributed by atoms with Crippen molar-refractivity contribution in [2.24, 2.45) is 0 Å². The highest BCUT2D eigenvalue weighted by atomic mass is 35.5. The van der Waals surface area contributed by atoms with E-state index in [0.29, 0.717) is 0 Å². The predicted octanol–water partition coefficient (Wildman–Crippen LogP) is 2.82. The van der Waals surface area contributed by atoms with E-state index in [2.05, 4.69) is 0 Å². The molecular formula is C10H11ClF2O2. The maximum atomic E-state index is 13.5. The SMILES string of the molecule is COc1ccc(Cl)cc1C(F)(F)CCO. The summed E-state index contributed by atoms with van der Waals surface area (Å²) in [5, 5.41) is 8.75. The lowest BCUT2D eigenvalue weighted by molar-refractivity contribution is -0.0287. The van der Waals surface area contributed by atoms with Crippen molar-refractivity contribution in [3.05, 3.63) is 28.8 Å². The topological polar surface area (TPSA) is 29.5 Å². The molecule has 84 valence electrons. The second kappa shape index (κ2) is 4.77. The number of hydrogen-bond acceptors (Lipinski definition) is 2. The Morgan fingerprint density at radius 2 is 2.13 bits per heavy atom. The molecule has 0 aromatic heterocycles. The molecule has 0 aliphatic rings. The molecule has 0 saturated carbocycles. The first kappa shape index (κ1) is 12.2. The summed E-state index contributed by atoms with van der Waals surface area (Å²) >= 11 is 5.63. The Balaban J connectivity index is 3.15. The third-order valence-corrected chi connectivity index (χ3v) is 2.22. The number of benzene rings is 1. The smallest absolute Gasteiger partial charge is 0.279 e. The highest BCUT2D eigenvalue weighted by Crippen LogP contribution is 2.38. The number of halogens is 3. The summed E-state index contributed by atoms with van der Waals surface area (Å²) in [6.07, 6.45) is -0.649. The maximum Gasteiger partial charge on any atom is 0.279 e. The van der Waals surface area contributed by atoms with Gasteiger partial charge in [0.25, 0.3) is 5.92 Å². The number of hydrogen-bond donors (Lipinski definition) is 1. The second-order valence-electron chi connectivity index (χ2n) is 3.02. The van der Waals surface area contributed by atoms with E-state index in [4.69, 9.17) is 21.4 Å². The highest BCUT2D eigenvalue weighted by Gasteiger charge is 2.34. The molecule has 1 aromatic rings. The zero-order valence-corrected chi connectivity index (χ0v) is 8.89. The quantitative estimate of drug-likeness (QED) is 0.871. The Morgan fingerprint density at radius 1 is 1.47 bits per heavy atom. The van der Waals surface area contributed by atoms with E-state index in [1.165, 1.54) is 19.2 Å². The predicted molar refractivity (Wildman–Crippen MR) is 53.6 cm³/mol. The van der Waals surface area contributed by atoms with E-state index >= 15 is 0 Å². The number of rotatable bonds is 4. The fourth-order valence-corrected chi connectivity index (χ4v) is 1.41. The highest BCUT2D eigenvalue weighted by molar-refractivity contribution is 6.30. The lowest BCUT2D eigenvalue weighted by atomic mass is 10.0. The Morgan fingerprint density at radius 3 is 2.67 bits per heavy atom. The van der Waals surface area contributed by atoms with Gasteiger partial charge in [-0.25, -0.2) is 8.78 Å². The molecule has 0 spiro atoms. The van der Waals surface area contributed by atoms with Crippen molar-refractivity contribution in [3.8, 4) is 5.75 Å². The van der Waals surface area contributed by atoms with Crippen LogP contribution < -0.4 is 4.74 Å². The van der Waals surface area contributed by atoms with Gasteiger partial charge in [-0.15, -0.1) is 0 Å². The van der Waals surface area contributed by atoms with Gasteiger partial charge in [0, 0.05) is 18.1 Å². The average Bonchev–Trinajstić information content (AvgIpc) is 2.17. The largest absolute Gasteiger partial charge is 0.496 e. The molecule has 0 bridgehead atoms. The summed E-state index contributed by atoms with van der Waals surface area (Å²) in [5.41, 5.74) is -0.299. The van der Waals surface area contributed by atoms with E-state index < -0.39 is 19.0 Å². The van der Waals surface area contributed by atoms with Gasteiger partial charge < -0.3 is 9.84 Å². The van der Waals surface area contributed by atoms with Crippen LogP contribution in [0.4, 0.5) is 8.78 Å². The zero-order valence-electron chi connectivity index (χ0n) is 8.14. The third-order valence-electron chi connectivity index (χ3n) is 1.98. The molecule has 15 heavy (non-hydrogen) atoms. The minimum absolute atomic E-state index is 0.0675. The van der Waals surface area contributed by atoms with Gasteiger partial charge in [-0.3, -0.25) is 0 Å². The van der Waals surface area contributed by atoms with E-state index in [0.717, 1.165) is 6.07 Å². The molecule has 1 N–H and O–H groups in total. The van der Waals surface area contributed by atoms with Crippen molar-refractivity contribution < 1.29 is 18.6 Å². The first-order valence-corrected chi connectivity index (χ1v) is 4.72. The summed E-state index contributed by atoms with van der Waals surface area (Å²) in [4.78, 5) is 0. The van der Waals surface area contributed by atoms with Crippen LogP contribution in [0.25, 0.3) is 0 Å². The van der Waals surface area contributed by atoms with Gasteiger partial charge in [0.05, 0.1) is 12.7 Å². The molecule has 1 rings (SSSR count). The summed E-state index contributed by atoms with van der Waals surface area (Å²) in [5.74, 6) is -3.07. The minimum atomic E-state index is -3.13. The normalized spacial score (nSPS) is 11.5. The van der Waals surface area contributed by atoms with Crippen molar-refractivity contribution in [1.82, 2.24) is 0 Å². The first-order valence-electron chi connectivity index (χ1n) is 4.34. The molecule has 1 aromatic carbocycles. The molecule has 0 unspecified atom stereocenters. The fourth-order valence-electron chi connectivity index (χ4n) is 1.24. The van der Waals surface area contributed by atoms with E-state index in [1.807, 2.05) is 0 Å². The molecule has 0 radical (unpaired) electrons. The number of aliphatic hydroxyl groups excluding tert-OH is 1. The minimum Gasteiger partial charge on any atom is -0.496 e. The summed E-state index contributed by atoms with van der Waals surface area (Å²) in [6.45, 7) is -0.595. The van der Waals surface area contributed by atoms with Crippen LogP contribution in [0.15, 0.2) is 18.2 Å². The third kappa shape index (κ3) is 2.79. The zero-order chi connectivity index (χ0) is 11.5. The molecule has 0 saturated heterocycles. The van der Waals surface area contributed by atoms with Crippen molar-refractivity contribution in [2.75, 3.05) is 13.7 Å². The summed E-state index contributed by atoms with van der Waals surface area (Å²) in [7, 11) is 1.31. The number of aliphatic hydroxyl groups is 1. The van der Waals surface area contributed by atoms with Gasteiger partial charge >= 0.3 is 0 Å². The Labute approximate surface area is 91.4 Å². The van der Waals surface area contributed by atoms with Crippen molar-refractivity contribution in [2.45, 2.75) is 12.3 Å². The molecule has 0 atom stereocenters. The van der Waals surface area contributed by atoms with E-state index in [9.17, 15) is 8.78 Å². The fraction of sp³-hybridized carbons (Fsp3) is 0.400. The maximum absolute atomic E-state index is 13.5. The average molecular weight is 237 g/mol. The number of alkyl halides is 2. The van der Waals surface area contributed by atoms with Crippen molar-refractivity contribution in [3.63, 3.8) is 0 Å². The van der Waals surface area contributed by atoms with Crippen LogP contribution in [0.5, 0.6) is 5.75 Å². The molecule has 2 nitrogen and oxygen atoms in total. The molecular weight excluding hydrogens is 226 g/mol. The lowest BCUT2D eigenvalue weighted by Gasteiger charge is -2.18. The summed E-state index contributed by atoms with van der Waals surface area (Å²) in [6, 6.07) is 4.00. The van der Waals surface area contributed by atoms with Crippen LogP contribution in [-0.4, -0.2) is 18.8 Å². The second-order valence-corrected chi connectivity index (χ2v) is 3.46. The van der Waals surface area contributed by atoms with Crippen LogP contribution in [0.3, 0.4) is 0 Å². The van der Waals surface area contributed by atoms with E-state index in [-0.39, 0.29) is 16.3 Å². The lowest BCUT2D eigenvalue weighted by Crippen LogP contribution is -2.16. The Kier molecular flexibility index (Phi) is 3.88. The standard InChI is InChI=1S/C10H11ClF2O2/c1-15-9-3-2-7(11)6-8(9)10(12,13)4-5-14/h2-3,6,14H,4-5H2,1H3. The van der Waals surface area contributed by atoms with Crippen LogP contribution >= 0.6 is 11.6 Å². The number of methoxy groups -OCH3 is 1. The van der Waals surface area contributed by atoms with Crippen LogP contribution in [0, 0.1) is 0 Å². The van der Waals surface area contributed by atoms with Gasteiger partial charge in [0.1, 0.15) is 5.75 Å². The van der Waals surface area contributed by atoms with Crippen LogP contribution in [0.2, 0.25) is 5.02 Å². The van der Waals surface area contributed by atoms with Crippen LogP contribution in [0.1, 0.15) is 12.0 Å². The Hall–Kier alpha value is -0.870. The monoisotopic (exact) mass is 236 g/mol. The molecule has 0 fully saturated rings. The molecule has 0 heterocycles. The van der Waals surface area contributed by atoms with Gasteiger partial charge in [-0.05, 0) is 18.2 Å². The molecule has 0 aliphatic carbocycles. The van der Waals surface area contributed by atoms with Gasteiger partial charge in [-0.1, -0.05) is 11.6 Å². The van der Waals surface area contributed by atoms with Gasteiger partial charge in [0.2, 0.25) is 0 Å². The van der Waals surface area contributed by atoms with Crippen LogP contribution in [-0.2, 0) is 5.92 Å². The molecule has 0 aliphatic heterocycles. The summed E-state index contributed by atoms with van der Waals surface area (Å²) < 4.78 is 31.8. The van der Waals surface area contributed by atoms with Crippen molar-refractivity contribution in [1.29, 1.82) is 0 Å². The van der Waals surface area contributed by atoms with Crippen molar-refractivity contribution >= 4 is 11.6 Å². The van der Waals surface area contributed by atoms with Gasteiger partial charge in [-0.2, -0.15) is 0 Å². The first-order chi connectivity index (χ1) is 7.01. The van der Waals surface area contributed by atoms with E-state index in [1.54, 1.807) is 0 Å². The Bertz CT molecular complexity index is 342.